The van der Waals surface area contributed by atoms with Crippen LogP contribution in [0.5, 0.6) is 0 Å². The molecule has 1 rings (SSSR count). The average Bonchev–Trinajstić information content (AvgIpc) is 2.28. The number of pyridine rings is 1. The van der Waals surface area contributed by atoms with Crippen molar-refractivity contribution in [3.63, 3.8) is 0 Å². The number of carboxylic acid groups (broad SMARTS) is 1. The highest BCUT2D eigenvalue weighted by molar-refractivity contribution is 5.96. The molecule has 6 heteroatoms. The van der Waals surface area contributed by atoms with Gasteiger partial charge in [-0.1, -0.05) is 13.8 Å². The molecule has 0 spiro atoms. The number of aryl methyl sites for hydroxylation is 1. The van der Waals surface area contributed by atoms with Gasteiger partial charge in [0.05, 0.1) is 5.56 Å². The van der Waals surface area contributed by atoms with Crippen LogP contribution in [0.25, 0.3) is 0 Å². The molecule has 0 fully saturated rings. The molecule has 98 valence electrons. The lowest BCUT2D eigenvalue weighted by atomic mass is 10.0. The largest absolute Gasteiger partial charge is 0.480 e. The minimum absolute atomic E-state index is 0.223. The summed E-state index contributed by atoms with van der Waals surface area (Å²) in [6.45, 7) is 3.42. The molecule has 1 heterocycles. The van der Waals surface area contributed by atoms with E-state index < -0.39 is 17.9 Å². The standard InChI is InChI=1S/C12H16N2O4/c1-7(2)10(12(17)18)13-11(16)8-4-5-9(15)14(3)6-8/h4-7,10H,1-3H3,(H,13,16)(H,17,18)/t10-/m1/s1. The number of nitrogens with one attached hydrogen (secondary N) is 1. The second-order valence-corrected chi connectivity index (χ2v) is 4.40. The van der Waals surface area contributed by atoms with Crippen LogP contribution in [0.3, 0.4) is 0 Å². The maximum atomic E-state index is 11.8. The van der Waals surface area contributed by atoms with Gasteiger partial charge in [0.25, 0.3) is 5.91 Å². The Morgan fingerprint density at radius 1 is 1.33 bits per heavy atom. The zero-order valence-corrected chi connectivity index (χ0v) is 10.5. The zero-order chi connectivity index (χ0) is 13.9. The fourth-order valence-corrected chi connectivity index (χ4v) is 1.47. The van der Waals surface area contributed by atoms with E-state index in [4.69, 9.17) is 5.11 Å². The van der Waals surface area contributed by atoms with Crippen molar-refractivity contribution in [3.05, 3.63) is 34.2 Å². The Morgan fingerprint density at radius 2 is 1.94 bits per heavy atom. The molecule has 0 aliphatic heterocycles. The van der Waals surface area contributed by atoms with Crippen LogP contribution in [0.2, 0.25) is 0 Å². The summed E-state index contributed by atoms with van der Waals surface area (Å²) in [4.78, 5) is 34.0. The van der Waals surface area contributed by atoms with Gasteiger partial charge in [-0.05, 0) is 12.0 Å². The Bertz CT molecular complexity index is 519. The fourth-order valence-electron chi connectivity index (χ4n) is 1.47. The van der Waals surface area contributed by atoms with Gasteiger partial charge in [0.1, 0.15) is 6.04 Å². The third-order valence-electron chi connectivity index (χ3n) is 2.57. The van der Waals surface area contributed by atoms with Crippen LogP contribution >= 0.6 is 0 Å². The molecule has 2 N–H and O–H groups in total. The lowest BCUT2D eigenvalue weighted by molar-refractivity contribution is -0.140. The number of hydrogen-bond acceptors (Lipinski definition) is 3. The van der Waals surface area contributed by atoms with E-state index in [0.717, 1.165) is 0 Å². The van der Waals surface area contributed by atoms with Crippen molar-refractivity contribution in [1.82, 2.24) is 9.88 Å². The molecule has 0 saturated heterocycles. The Labute approximate surface area is 104 Å². The SMILES string of the molecule is CC(C)[C@@H](NC(=O)c1ccc(=O)n(C)c1)C(=O)O. The van der Waals surface area contributed by atoms with Crippen LogP contribution < -0.4 is 10.9 Å². The second kappa shape index (κ2) is 5.48. The number of carbonyl (C=O) groups excluding carboxylic acids is 1. The van der Waals surface area contributed by atoms with Crippen molar-refractivity contribution in [2.45, 2.75) is 19.9 Å². The molecule has 1 aromatic rings. The number of aliphatic carboxylic acids is 1. The first-order chi connectivity index (χ1) is 8.32. The summed E-state index contributed by atoms with van der Waals surface area (Å²) in [6.07, 6.45) is 1.37. The first-order valence-corrected chi connectivity index (χ1v) is 5.53. The Morgan fingerprint density at radius 3 is 2.39 bits per heavy atom. The molecule has 0 bridgehead atoms. The van der Waals surface area contributed by atoms with Gasteiger partial charge < -0.3 is 15.0 Å². The summed E-state index contributed by atoms with van der Waals surface area (Å²) in [5.74, 6) is -1.81. The Kier molecular flexibility index (Phi) is 4.25. The van der Waals surface area contributed by atoms with E-state index in [-0.39, 0.29) is 17.0 Å². The first-order valence-electron chi connectivity index (χ1n) is 5.53. The van der Waals surface area contributed by atoms with Crippen LogP contribution in [0.1, 0.15) is 24.2 Å². The number of hydrogen-bond donors (Lipinski definition) is 2. The summed E-state index contributed by atoms with van der Waals surface area (Å²) >= 11 is 0. The normalized spacial score (nSPS) is 12.2. The van der Waals surface area contributed by atoms with Gasteiger partial charge in [-0.25, -0.2) is 4.79 Å². The average molecular weight is 252 g/mol. The van der Waals surface area contributed by atoms with Crippen molar-refractivity contribution in [1.29, 1.82) is 0 Å². The van der Waals surface area contributed by atoms with Crippen LogP contribution in [-0.2, 0) is 11.8 Å². The smallest absolute Gasteiger partial charge is 0.326 e. The minimum atomic E-state index is -1.08. The molecule has 0 radical (unpaired) electrons. The summed E-state index contributed by atoms with van der Waals surface area (Å²) < 4.78 is 1.26. The molecule has 1 aromatic heterocycles. The number of nitrogens with zero attached hydrogens (tertiary/aromatic N) is 1. The minimum Gasteiger partial charge on any atom is -0.480 e. The Balaban J connectivity index is 2.90. The summed E-state index contributed by atoms with van der Waals surface area (Å²) in [6, 6.07) is 1.69. The van der Waals surface area contributed by atoms with E-state index in [1.54, 1.807) is 13.8 Å². The van der Waals surface area contributed by atoms with Crippen LogP contribution in [0.4, 0.5) is 0 Å². The van der Waals surface area contributed by atoms with E-state index in [0.29, 0.717) is 0 Å². The summed E-state index contributed by atoms with van der Waals surface area (Å²) in [5, 5.41) is 11.4. The van der Waals surface area contributed by atoms with Crippen LogP contribution in [0.15, 0.2) is 23.1 Å². The molecule has 0 unspecified atom stereocenters. The van der Waals surface area contributed by atoms with Gasteiger partial charge in [0.2, 0.25) is 5.56 Å². The monoisotopic (exact) mass is 252 g/mol. The molecule has 0 aliphatic carbocycles. The third-order valence-corrected chi connectivity index (χ3v) is 2.57. The predicted octanol–water partition coefficient (Wildman–Crippen LogP) is 0.224. The first kappa shape index (κ1) is 14.0. The molecule has 0 aliphatic rings. The van der Waals surface area contributed by atoms with Crippen molar-refractivity contribution in [3.8, 4) is 0 Å². The zero-order valence-electron chi connectivity index (χ0n) is 10.5. The fraction of sp³-hybridized carbons (Fsp3) is 0.417. The lowest BCUT2D eigenvalue weighted by Gasteiger charge is -2.17. The number of rotatable bonds is 4. The summed E-state index contributed by atoms with van der Waals surface area (Å²) in [7, 11) is 1.52. The molecule has 1 atom stereocenters. The van der Waals surface area contributed by atoms with E-state index in [9.17, 15) is 14.4 Å². The van der Waals surface area contributed by atoms with Crippen LogP contribution in [-0.4, -0.2) is 27.6 Å². The molecule has 1 amide bonds. The van der Waals surface area contributed by atoms with Gasteiger partial charge in [-0.3, -0.25) is 9.59 Å². The predicted molar refractivity (Wildman–Crippen MR) is 65.4 cm³/mol. The maximum Gasteiger partial charge on any atom is 0.326 e. The highest BCUT2D eigenvalue weighted by Crippen LogP contribution is 2.04. The maximum absolute atomic E-state index is 11.8. The van der Waals surface area contributed by atoms with Gasteiger partial charge in [0, 0.05) is 19.3 Å². The molecule has 0 saturated carbocycles. The van der Waals surface area contributed by atoms with Crippen molar-refractivity contribution in [2.24, 2.45) is 13.0 Å². The van der Waals surface area contributed by atoms with Crippen molar-refractivity contribution in [2.75, 3.05) is 0 Å². The van der Waals surface area contributed by atoms with Crippen LogP contribution in [0, 0.1) is 5.92 Å². The van der Waals surface area contributed by atoms with Crippen molar-refractivity contribution < 1.29 is 14.7 Å². The van der Waals surface area contributed by atoms with Gasteiger partial charge in [0.15, 0.2) is 0 Å². The Hall–Kier alpha value is -2.11. The highest BCUT2D eigenvalue weighted by atomic mass is 16.4. The van der Waals surface area contributed by atoms with Gasteiger partial charge in [-0.15, -0.1) is 0 Å². The number of carbonyl (C=O) groups is 2. The van der Waals surface area contributed by atoms with Gasteiger partial charge >= 0.3 is 5.97 Å². The summed E-state index contributed by atoms with van der Waals surface area (Å²) in [5.41, 5.74) is 0.0224. The van der Waals surface area contributed by atoms with Crippen molar-refractivity contribution >= 4 is 11.9 Å². The molecule has 6 nitrogen and oxygen atoms in total. The third kappa shape index (κ3) is 3.19. The topological polar surface area (TPSA) is 88.4 Å². The number of amides is 1. The molecule has 18 heavy (non-hydrogen) atoms. The number of aromatic nitrogens is 1. The lowest BCUT2D eigenvalue weighted by Crippen LogP contribution is -2.44. The molecular weight excluding hydrogens is 236 g/mol. The van der Waals surface area contributed by atoms with Gasteiger partial charge in [-0.2, -0.15) is 0 Å². The quantitative estimate of drug-likeness (QED) is 0.802. The molecule has 0 aromatic carbocycles. The number of carboxylic acids is 1. The van der Waals surface area contributed by atoms with E-state index in [1.165, 1.54) is 29.9 Å². The van der Waals surface area contributed by atoms with E-state index in [2.05, 4.69) is 5.32 Å². The van der Waals surface area contributed by atoms with E-state index in [1.807, 2.05) is 0 Å². The highest BCUT2D eigenvalue weighted by Gasteiger charge is 2.23. The molecular formula is C12H16N2O4. The van der Waals surface area contributed by atoms with E-state index >= 15 is 0 Å². The second-order valence-electron chi connectivity index (χ2n) is 4.40.